The summed E-state index contributed by atoms with van der Waals surface area (Å²) < 4.78 is 38.3. The minimum Gasteiger partial charge on any atom is -0.454 e. The Labute approximate surface area is 137 Å². The molecular formula is C18H14F2N2O2. The van der Waals surface area contributed by atoms with Crippen LogP contribution < -0.4 is 20.9 Å². The van der Waals surface area contributed by atoms with Gasteiger partial charge in [0.1, 0.15) is 11.5 Å². The van der Waals surface area contributed by atoms with Gasteiger partial charge >= 0.3 is 0 Å². The van der Waals surface area contributed by atoms with E-state index in [9.17, 15) is 8.78 Å². The maximum Gasteiger partial charge on any atom is 0.167 e. The van der Waals surface area contributed by atoms with Gasteiger partial charge in [0.15, 0.2) is 23.1 Å². The van der Waals surface area contributed by atoms with Crippen molar-refractivity contribution in [1.82, 2.24) is 0 Å². The lowest BCUT2D eigenvalue weighted by Gasteiger charge is -2.10. The fourth-order valence-electron chi connectivity index (χ4n) is 2.03. The molecular weight excluding hydrogens is 314 g/mol. The van der Waals surface area contributed by atoms with E-state index in [0.717, 1.165) is 0 Å². The predicted molar refractivity (Wildman–Crippen MR) is 88.2 cm³/mol. The molecule has 3 aromatic carbocycles. The van der Waals surface area contributed by atoms with Crippen molar-refractivity contribution < 1.29 is 18.3 Å². The van der Waals surface area contributed by atoms with Gasteiger partial charge < -0.3 is 20.9 Å². The highest BCUT2D eigenvalue weighted by atomic mass is 19.1. The molecule has 4 N–H and O–H groups in total. The topological polar surface area (TPSA) is 70.5 Å². The highest BCUT2D eigenvalue weighted by Crippen LogP contribution is 2.30. The molecule has 122 valence electrons. The highest BCUT2D eigenvalue weighted by Gasteiger charge is 2.07. The number of nitrogens with two attached hydrogens (primary N) is 2. The van der Waals surface area contributed by atoms with Crippen molar-refractivity contribution in [1.29, 1.82) is 0 Å². The van der Waals surface area contributed by atoms with Crippen LogP contribution >= 0.6 is 0 Å². The first-order valence-electron chi connectivity index (χ1n) is 7.07. The molecule has 0 saturated carbocycles. The quantitative estimate of drug-likeness (QED) is 0.680. The molecule has 0 aliphatic carbocycles. The van der Waals surface area contributed by atoms with Crippen molar-refractivity contribution in [2.75, 3.05) is 11.5 Å². The molecule has 0 aliphatic heterocycles. The lowest BCUT2D eigenvalue weighted by Crippen LogP contribution is -1.92. The molecule has 0 amide bonds. The van der Waals surface area contributed by atoms with Crippen molar-refractivity contribution in [2.45, 2.75) is 0 Å². The zero-order valence-electron chi connectivity index (χ0n) is 12.5. The average molecular weight is 328 g/mol. The molecule has 0 saturated heterocycles. The van der Waals surface area contributed by atoms with Crippen molar-refractivity contribution in [3.05, 3.63) is 72.3 Å². The highest BCUT2D eigenvalue weighted by molar-refractivity contribution is 5.46. The normalized spacial score (nSPS) is 10.4. The van der Waals surface area contributed by atoms with Crippen molar-refractivity contribution >= 4 is 11.4 Å². The second-order valence-corrected chi connectivity index (χ2v) is 5.06. The van der Waals surface area contributed by atoms with E-state index in [2.05, 4.69) is 0 Å². The fraction of sp³-hybridized carbons (Fsp3) is 0. The van der Waals surface area contributed by atoms with Gasteiger partial charge in [-0.25, -0.2) is 8.78 Å². The third kappa shape index (κ3) is 3.55. The Morgan fingerprint density at radius 2 is 0.958 bits per heavy atom. The second-order valence-electron chi connectivity index (χ2n) is 5.06. The zero-order chi connectivity index (χ0) is 17.1. The molecule has 0 radical (unpaired) electrons. The number of hydrogen-bond acceptors (Lipinski definition) is 4. The van der Waals surface area contributed by atoms with Gasteiger partial charge in [0.2, 0.25) is 0 Å². The van der Waals surface area contributed by atoms with Crippen LogP contribution in [0.25, 0.3) is 0 Å². The van der Waals surface area contributed by atoms with E-state index in [1.54, 1.807) is 36.4 Å². The minimum absolute atomic E-state index is 0.0578. The van der Waals surface area contributed by atoms with E-state index < -0.39 is 11.6 Å². The monoisotopic (exact) mass is 328 g/mol. The summed E-state index contributed by atoms with van der Waals surface area (Å²) in [6.07, 6.45) is 0. The molecule has 3 rings (SSSR count). The van der Waals surface area contributed by atoms with Gasteiger partial charge in [-0.05, 0) is 48.5 Å². The van der Waals surface area contributed by atoms with Crippen LogP contribution in [0.15, 0.2) is 60.7 Å². The number of benzene rings is 3. The van der Waals surface area contributed by atoms with E-state index in [1.807, 2.05) is 0 Å². The molecule has 0 fully saturated rings. The van der Waals surface area contributed by atoms with Crippen molar-refractivity contribution in [3.8, 4) is 23.0 Å². The maximum atomic E-state index is 13.7. The Morgan fingerprint density at radius 1 is 0.583 bits per heavy atom. The first kappa shape index (κ1) is 15.6. The first-order chi connectivity index (χ1) is 11.5. The summed E-state index contributed by atoms with van der Waals surface area (Å²) in [6.45, 7) is 0. The van der Waals surface area contributed by atoms with Crippen LogP contribution in [0.2, 0.25) is 0 Å². The Kier molecular flexibility index (Phi) is 4.20. The van der Waals surface area contributed by atoms with Crippen LogP contribution in [0, 0.1) is 11.6 Å². The molecule has 0 heterocycles. The predicted octanol–water partition coefficient (Wildman–Crippen LogP) is 4.71. The number of hydrogen-bond donors (Lipinski definition) is 2. The van der Waals surface area contributed by atoms with E-state index in [1.165, 1.54) is 24.3 Å². The number of nitrogen functional groups attached to an aromatic ring is 2. The first-order valence-corrected chi connectivity index (χ1v) is 7.07. The molecule has 0 spiro atoms. The fourth-order valence-corrected chi connectivity index (χ4v) is 2.03. The van der Waals surface area contributed by atoms with Crippen LogP contribution in [0.1, 0.15) is 0 Å². The Bertz CT molecular complexity index is 795. The number of halogens is 2. The Morgan fingerprint density at radius 3 is 1.29 bits per heavy atom. The molecule has 0 aliphatic rings. The largest absolute Gasteiger partial charge is 0.454 e. The summed E-state index contributed by atoms with van der Waals surface area (Å²) in [4.78, 5) is 0. The number of anilines is 2. The van der Waals surface area contributed by atoms with Crippen LogP contribution in [0.4, 0.5) is 20.2 Å². The van der Waals surface area contributed by atoms with E-state index in [0.29, 0.717) is 22.9 Å². The smallest absolute Gasteiger partial charge is 0.167 e. The van der Waals surface area contributed by atoms with Crippen LogP contribution in [-0.4, -0.2) is 0 Å². The molecule has 0 unspecified atom stereocenters. The molecule has 0 bridgehead atoms. The van der Waals surface area contributed by atoms with Gasteiger partial charge in [0, 0.05) is 23.5 Å². The van der Waals surface area contributed by atoms with Gasteiger partial charge in [-0.15, -0.1) is 0 Å². The van der Waals surface area contributed by atoms with Crippen molar-refractivity contribution in [2.24, 2.45) is 0 Å². The van der Waals surface area contributed by atoms with Gasteiger partial charge in [0.05, 0.1) is 0 Å². The maximum absolute atomic E-state index is 13.7. The summed E-state index contributed by atoms with van der Waals surface area (Å²) in [6, 6.07) is 14.7. The summed E-state index contributed by atoms with van der Waals surface area (Å²) in [5, 5.41) is 0. The van der Waals surface area contributed by atoms with Crippen LogP contribution in [0.5, 0.6) is 23.0 Å². The molecule has 24 heavy (non-hydrogen) atoms. The van der Waals surface area contributed by atoms with E-state index in [-0.39, 0.29) is 11.5 Å². The lowest BCUT2D eigenvalue weighted by molar-refractivity contribution is 0.432. The third-order valence-electron chi connectivity index (χ3n) is 3.19. The minimum atomic E-state index is -0.556. The average Bonchev–Trinajstić information content (AvgIpc) is 2.54. The SMILES string of the molecule is Nc1ccc(Oc2ccc(Oc3ccc(N)cc3F)cc2)c(F)c1. The van der Waals surface area contributed by atoms with Gasteiger partial charge in [-0.2, -0.15) is 0 Å². The Hall–Kier alpha value is -3.28. The summed E-state index contributed by atoms with van der Waals surface area (Å²) in [5.41, 5.74) is 11.6. The van der Waals surface area contributed by atoms with E-state index >= 15 is 0 Å². The van der Waals surface area contributed by atoms with Gasteiger partial charge in [-0.3, -0.25) is 0 Å². The van der Waals surface area contributed by atoms with Crippen LogP contribution in [0.3, 0.4) is 0 Å². The zero-order valence-corrected chi connectivity index (χ0v) is 12.5. The van der Waals surface area contributed by atoms with Gasteiger partial charge in [0.25, 0.3) is 0 Å². The second kappa shape index (κ2) is 6.45. The summed E-state index contributed by atoms with van der Waals surface area (Å²) in [7, 11) is 0. The molecule has 0 atom stereocenters. The summed E-state index contributed by atoms with van der Waals surface area (Å²) in [5.74, 6) is -0.184. The Balaban J connectivity index is 1.73. The third-order valence-corrected chi connectivity index (χ3v) is 3.19. The van der Waals surface area contributed by atoms with Crippen molar-refractivity contribution in [3.63, 3.8) is 0 Å². The van der Waals surface area contributed by atoms with Gasteiger partial charge in [-0.1, -0.05) is 0 Å². The van der Waals surface area contributed by atoms with E-state index in [4.69, 9.17) is 20.9 Å². The number of ether oxygens (including phenoxy) is 2. The number of rotatable bonds is 4. The lowest BCUT2D eigenvalue weighted by atomic mass is 10.2. The molecule has 0 aromatic heterocycles. The van der Waals surface area contributed by atoms with Crippen LogP contribution in [-0.2, 0) is 0 Å². The standard InChI is InChI=1S/C18H14F2N2O2/c19-15-9-11(21)1-7-17(15)23-13-3-5-14(6-4-13)24-18-8-2-12(22)10-16(18)20/h1-10H,21-22H2. The molecule has 3 aromatic rings. The molecule has 4 nitrogen and oxygen atoms in total. The molecule has 6 heteroatoms. The summed E-state index contributed by atoms with van der Waals surface area (Å²) >= 11 is 0.